The molecule has 4 nitrogen and oxygen atoms in total. The summed E-state index contributed by atoms with van der Waals surface area (Å²) in [6, 6.07) is 11.7. The second-order valence-electron chi connectivity index (χ2n) is 5.30. The van der Waals surface area contributed by atoms with E-state index in [1.54, 1.807) is 11.9 Å². The summed E-state index contributed by atoms with van der Waals surface area (Å²) >= 11 is 0. The lowest BCUT2D eigenvalue weighted by Crippen LogP contribution is -2.51. The van der Waals surface area contributed by atoms with Gasteiger partial charge in [0.25, 0.3) is 0 Å². The molecular formula is C16H13N3O. The van der Waals surface area contributed by atoms with Gasteiger partial charge in [-0.15, -0.1) is 0 Å². The number of nitrogens with zero attached hydrogens (tertiary/aromatic N) is 3. The average molecular weight is 263 g/mol. The molecule has 0 aromatic heterocycles. The molecule has 4 heteroatoms. The van der Waals surface area contributed by atoms with E-state index < -0.39 is 10.8 Å². The predicted octanol–water partition coefficient (Wildman–Crippen LogP) is 2.28. The molecule has 1 heterocycles. The van der Waals surface area contributed by atoms with Crippen LogP contribution in [0, 0.1) is 28.1 Å². The number of carbonyl (C=O) groups excluding carboxylic acids is 1. The lowest BCUT2D eigenvalue weighted by molar-refractivity contribution is -0.125. The Kier molecular flexibility index (Phi) is 2.46. The first kappa shape index (κ1) is 12.4. The lowest BCUT2D eigenvalue weighted by atomic mass is 9.56. The van der Waals surface area contributed by atoms with Crippen LogP contribution in [0.15, 0.2) is 36.4 Å². The number of rotatable bonds is 0. The minimum atomic E-state index is -1.33. The van der Waals surface area contributed by atoms with E-state index in [0.29, 0.717) is 6.42 Å². The maximum Gasteiger partial charge on any atom is 0.240 e. The zero-order valence-electron chi connectivity index (χ0n) is 11.1. The van der Waals surface area contributed by atoms with Crippen LogP contribution in [0.1, 0.15) is 18.4 Å². The Bertz CT molecular complexity index is 693. The largest absolute Gasteiger partial charge is 0.314 e. The maximum atomic E-state index is 12.9. The fourth-order valence-corrected chi connectivity index (χ4v) is 3.42. The van der Waals surface area contributed by atoms with Gasteiger partial charge < -0.3 is 4.90 Å². The van der Waals surface area contributed by atoms with E-state index in [1.807, 2.05) is 36.4 Å². The molecule has 0 fully saturated rings. The molecule has 1 unspecified atom stereocenters. The molecule has 1 spiro atoms. The molecule has 0 bridgehead atoms. The SMILES string of the molecule is CN1C(=O)C2(CC=CCC2(C#N)C#N)c2ccccc21. The van der Waals surface area contributed by atoms with Gasteiger partial charge in [0.15, 0.2) is 5.41 Å². The van der Waals surface area contributed by atoms with Gasteiger partial charge in [-0.3, -0.25) is 4.79 Å². The maximum absolute atomic E-state index is 12.9. The van der Waals surface area contributed by atoms with Gasteiger partial charge in [0.2, 0.25) is 5.91 Å². The Morgan fingerprint density at radius 3 is 2.50 bits per heavy atom. The fourth-order valence-electron chi connectivity index (χ4n) is 3.42. The number of para-hydroxylation sites is 1. The van der Waals surface area contributed by atoms with Crippen molar-refractivity contribution in [3.05, 3.63) is 42.0 Å². The smallest absolute Gasteiger partial charge is 0.240 e. The van der Waals surface area contributed by atoms with Crippen LogP contribution >= 0.6 is 0 Å². The van der Waals surface area contributed by atoms with Crippen LogP contribution in [0.25, 0.3) is 0 Å². The van der Waals surface area contributed by atoms with E-state index in [4.69, 9.17) is 0 Å². The Balaban J connectivity index is 2.37. The van der Waals surface area contributed by atoms with Gasteiger partial charge in [-0.1, -0.05) is 30.4 Å². The van der Waals surface area contributed by atoms with Gasteiger partial charge in [-0.05, 0) is 24.5 Å². The van der Waals surface area contributed by atoms with E-state index in [2.05, 4.69) is 12.1 Å². The third kappa shape index (κ3) is 1.16. The van der Waals surface area contributed by atoms with Crippen molar-refractivity contribution in [2.45, 2.75) is 18.3 Å². The Hall–Kier alpha value is -2.59. The van der Waals surface area contributed by atoms with E-state index in [1.165, 1.54) is 0 Å². The number of carbonyl (C=O) groups is 1. The highest BCUT2D eigenvalue weighted by atomic mass is 16.2. The minimum Gasteiger partial charge on any atom is -0.314 e. The number of amides is 1. The number of likely N-dealkylation sites (N-methyl/N-ethyl adjacent to an activating group) is 1. The van der Waals surface area contributed by atoms with Crippen LogP contribution < -0.4 is 4.90 Å². The van der Waals surface area contributed by atoms with E-state index in [9.17, 15) is 15.3 Å². The normalized spacial score (nSPS) is 26.1. The number of fused-ring (bicyclic) bond motifs is 2. The van der Waals surface area contributed by atoms with Crippen LogP contribution in [0.2, 0.25) is 0 Å². The quantitative estimate of drug-likeness (QED) is 0.674. The Morgan fingerprint density at radius 1 is 1.15 bits per heavy atom. The topological polar surface area (TPSA) is 67.9 Å². The molecule has 1 aliphatic carbocycles. The third-order valence-corrected chi connectivity index (χ3v) is 4.52. The van der Waals surface area contributed by atoms with Gasteiger partial charge >= 0.3 is 0 Å². The molecule has 0 radical (unpaired) electrons. The molecule has 3 rings (SSSR count). The molecule has 0 saturated carbocycles. The minimum absolute atomic E-state index is 0.161. The molecule has 1 amide bonds. The molecule has 1 atom stereocenters. The predicted molar refractivity (Wildman–Crippen MR) is 73.6 cm³/mol. The molecule has 2 aliphatic rings. The first-order chi connectivity index (χ1) is 9.63. The number of benzene rings is 1. The van der Waals surface area contributed by atoms with Crippen LogP contribution in [0.3, 0.4) is 0 Å². The van der Waals surface area contributed by atoms with Crippen molar-refractivity contribution in [1.29, 1.82) is 10.5 Å². The average Bonchev–Trinajstić information content (AvgIpc) is 2.72. The highest BCUT2D eigenvalue weighted by Crippen LogP contribution is 2.56. The molecule has 1 aromatic carbocycles. The first-order valence-corrected chi connectivity index (χ1v) is 6.48. The summed E-state index contributed by atoms with van der Waals surface area (Å²) in [5.41, 5.74) is -0.821. The molecule has 20 heavy (non-hydrogen) atoms. The summed E-state index contributed by atoms with van der Waals surface area (Å²) in [6.45, 7) is 0. The van der Waals surface area contributed by atoms with Crippen molar-refractivity contribution >= 4 is 11.6 Å². The van der Waals surface area contributed by atoms with E-state index in [-0.39, 0.29) is 12.3 Å². The van der Waals surface area contributed by atoms with Gasteiger partial charge in [0.1, 0.15) is 5.41 Å². The number of nitriles is 2. The van der Waals surface area contributed by atoms with Crippen molar-refractivity contribution in [1.82, 2.24) is 0 Å². The number of anilines is 1. The summed E-state index contributed by atoms with van der Waals surface area (Å²) in [5, 5.41) is 19.2. The number of hydrogen-bond acceptors (Lipinski definition) is 3. The van der Waals surface area contributed by atoms with Gasteiger partial charge in [0.05, 0.1) is 12.1 Å². The van der Waals surface area contributed by atoms with Crippen molar-refractivity contribution in [2.75, 3.05) is 11.9 Å². The molecule has 98 valence electrons. The highest BCUT2D eigenvalue weighted by molar-refractivity contribution is 6.09. The fraction of sp³-hybridized carbons (Fsp3) is 0.312. The Morgan fingerprint density at radius 2 is 1.80 bits per heavy atom. The third-order valence-electron chi connectivity index (χ3n) is 4.52. The van der Waals surface area contributed by atoms with Crippen LogP contribution in [0.4, 0.5) is 5.69 Å². The molecule has 0 saturated heterocycles. The summed E-state index contributed by atoms with van der Waals surface area (Å²) in [7, 11) is 1.70. The van der Waals surface area contributed by atoms with Crippen molar-refractivity contribution < 1.29 is 4.79 Å². The van der Waals surface area contributed by atoms with Crippen molar-refractivity contribution in [2.24, 2.45) is 5.41 Å². The van der Waals surface area contributed by atoms with Crippen molar-refractivity contribution in [3.63, 3.8) is 0 Å². The second-order valence-corrected chi connectivity index (χ2v) is 5.30. The molecule has 1 aromatic rings. The lowest BCUT2D eigenvalue weighted by Gasteiger charge is -2.39. The number of allylic oxidation sites excluding steroid dienone is 2. The first-order valence-electron chi connectivity index (χ1n) is 6.48. The summed E-state index contributed by atoms with van der Waals surface area (Å²) in [4.78, 5) is 14.4. The zero-order valence-corrected chi connectivity index (χ0v) is 11.1. The van der Waals surface area contributed by atoms with E-state index >= 15 is 0 Å². The van der Waals surface area contributed by atoms with Crippen LogP contribution in [-0.2, 0) is 10.2 Å². The molecular weight excluding hydrogens is 250 g/mol. The van der Waals surface area contributed by atoms with Gasteiger partial charge in [0, 0.05) is 12.7 Å². The zero-order chi connectivity index (χ0) is 14.4. The van der Waals surface area contributed by atoms with Crippen LogP contribution in [-0.4, -0.2) is 13.0 Å². The second kappa shape index (κ2) is 3.95. The Labute approximate surface area is 117 Å². The van der Waals surface area contributed by atoms with Gasteiger partial charge in [-0.25, -0.2) is 0 Å². The monoisotopic (exact) mass is 263 g/mol. The van der Waals surface area contributed by atoms with Gasteiger partial charge in [-0.2, -0.15) is 10.5 Å². The highest BCUT2D eigenvalue weighted by Gasteiger charge is 2.63. The van der Waals surface area contributed by atoms with Crippen molar-refractivity contribution in [3.8, 4) is 12.1 Å². The standard InChI is InChI=1S/C16H13N3O/c1-19-13-7-3-2-6-12(13)16(14(19)20)9-5-4-8-15(16,10-17)11-18/h2-7H,8-9H2,1H3. The molecule has 1 aliphatic heterocycles. The summed E-state index contributed by atoms with van der Waals surface area (Å²) < 4.78 is 0. The number of hydrogen-bond donors (Lipinski definition) is 0. The summed E-state index contributed by atoms with van der Waals surface area (Å²) in [5.74, 6) is -0.161. The van der Waals surface area contributed by atoms with E-state index in [0.717, 1.165) is 11.3 Å². The summed E-state index contributed by atoms with van der Waals surface area (Å²) in [6.07, 6.45) is 4.41. The van der Waals surface area contributed by atoms with Crippen LogP contribution in [0.5, 0.6) is 0 Å². The molecule has 0 N–H and O–H groups in total.